The molecule has 0 spiro atoms. The Labute approximate surface area is 128 Å². The highest BCUT2D eigenvalue weighted by molar-refractivity contribution is 5.72. The lowest BCUT2D eigenvalue weighted by Gasteiger charge is -2.32. The van der Waals surface area contributed by atoms with Crippen molar-refractivity contribution in [3.63, 3.8) is 0 Å². The van der Waals surface area contributed by atoms with Gasteiger partial charge in [0.1, 0.15) is 11.6 Å². The molecule has 1 aliphatic heterocycles. The Hall–Kier alpha value is -1.53. The summed E-state index contributed by atoms with van der Waals surface area (Å²) in [5, 5.41) is 10.1. The summed E-state index contributed by atoms with van der Waals surface area (Å²) in [6.45, 7) is 3.30. The minimum Gasteiger partial charge on any atom is -0.466 e. The zero-order valence-electron chi connectivity index (χ0n) is 12.6. The van der Waals surface area contributed by atoms with Gasteiger partial charge in [-0.2, -0.15) is 0 Å². The van der Waals surface area contributed by atoms with Crippen molar-refractivity contribution in [2.24, 2.45) is 5.92 Å². The second-order valence-electron chi connectivity index (χ2n) is 5.50. The third-order valence-electron chi connectivity index (χ3n) is 3.89. The lowest BCUT2D eigenvalue weighted by atomic mass is 9.97. The summed E-state index contributed by atoms with van der Waals surface area (Å²) in [7, 11) is 0. The Balaban J connectivity index is 1.99. The molecule has 1 unspecified atom stereocenters. The number of likely N-dealkylation sites (tertiary alicyclic amines) is 1. The molecule has 122 valence electrons. The predicted molar refractivity (Wildman–Crippen MR) is 77.1 cm³/mol. The van der Waals surface area contributed by atoms with Crippen LogP contribution in [0.1, 0.15) is 31.4 Å². The van der Waals surface area contributed by atoms with Crippen LogP contribution in [0.2, 0.25) is 0 Å². The number of ether oxygens (including phenoxy) is 1. The van der Waals surface area contributed by atoms with Gasteiger partial charge in [-0.25, -0.2) is 8.78 Å². The Morgan fingerprint density at radius 2 is 2.14 bits per heavy atom. The maximum atomic E-state index is 13.7. The molecule has 22 heavy (non-hydrogen) atoms. The van der Waals surface area contributed by atoms with Gasteiger partial charge in [0.2, 0.25) is 0 Å². The number of aliphatic hydroxyl groups excluding tert-OH is 1. The first-order chi connectivity index (χ1) is 10.5. The molecule has 0 radical (unpaired) electrons. The van der Waals surface area contributed by atoms with Crippen LogP contribution in [0.25, 0.3) is 0 Å². The molecule has 2 atom stereocenters. The molecule has 1 fully saturated rings. The minimum atomic E-state index is -1.26. The first-order valence-electron chi connectivity index (χ1n) is 7.53. The Bertz CT molecular complexity index is 504. The topological polar surface area (TPSA) is 49.8 Å². The van der Waals surface area contributed by atoms with E-state index in [1.165, 1.54) is 6.07 Å². The van der Waals surface area contributed by atoms with Crippen LogP contribution in [-0.2, 0) is 9.53 Å². The first-order valence-corrected chi connectivity index (χ1v) is 7.53. The molecule has 2 rings (SSSR count). The summed E-state index contributed by atoms with van der Waals surface area (Å²) < 4.78 is 32.3. The largest absolute Gasteiger partial charge is 0.466 e. The van der Waals surface area contributed by atoms with E-state index in [4.69, 9.17) is 4.74 Å². The summed E-state index contributed by atoms with van der Waals surface area (Å²) in [5.74, 6) is -2.01. The fraction of sp³-hybridized carbons (Fsp3) is 0.562. The number of hydrogen-bond donors (Lipinski definition) is 1. The molecule has 1 aromatic rings. The minimum absolute atomic E-state index is 0.0910. The summed E-state index contributed by atoms with van der Waals surface area (Å²) in [6, 6.07) is 3.51. The number of rotatable bonds is 5. The number of nitrogens with zero attached hydrogens (tertiary/aromatic N) is 1. The molecular weight excluding hydrogens is 292 g/mol. The first kappa shape index (κ1) is 16.8. The summed E-state index contributed by atoms with van der Waals surface area (Å²) in [6.07, 6.45) is 0.261. The molecule has 0 aromatic heterocycles. The van der Waals surface area contributed by atoms with E-state index in [2.05, 4.69) is 0 Å². The molecule has 0 aliphatic carbocycles. The molecule has 0 saturated carbocycles. The van der Waals surface area contributed by atoms with Crippen LogP contribution in [0.5, 0.6) is 0 Å². The standard InChI is InChI=1S/C16H21F2NO3/c1-2-22-16(21)11-5-4-8-19(9-11)10-14(20)15-12(17)6-3-7-13(15)18/h3,6-7,11,14,20H,2,4-5,8-10H2,1H3/t11-,14?/m0/s1. The molecule has 1 saturated heterocycles. The molecule has 1 N–H and O–H groups in total. The van der Waals surface area contributed by atoms with Crippen LogP contribution in [0, 0.1) is 17.6 Å². The fourth-order valence-electron chi connectivity index (χ4n) is 2.84. The molecule has 0 bridgehead atoms. The van der Waals surface area contributed by atoms with Crippen molar-refractivity contribution in [2.75, 3.05) is 26.2 Å². The third kappa shape index (κ3) is 4.01. The van der Waals surface area contributed by atoms with Gasteiger partial charge in [-0.15, -0.1) is 0 Å². The maximum absolute atomic E-state index is 13.7. The van der Waals surface area contributed by atoms with E-state index in [0.717, 1.165) is 25.0 Å². The number of esters is 1. The highest BCUT2D eigenvalue weighted by Gasteiger charge is 2.29. The molecule has 0 amide bonds. The monoisotopic (exact) mass is 313 g/mol. The predicted octanol–water partition coefficient (Wildman–Crippen LogP) is 2.27. The SMILES string of the molecule is CCOC(=O)[C@H]1CCCN(CC(O)c2c(F)cccc2F)C1. The van der Waals surface area contributed by atoms with Gasteiger partial charge < -0.3 is 9.84 Å². The van der Waals surface area contributed by atoms with Crippen LogP contribution in [0.4, 0.5) is 8.78 Å². The Kier molecular flexibility index (Phi) is 5.85. The summed E-state index contributed by atoms with van der Waals surface area (Å²) in [4.78, 5) is 13.6. The van der Waals surface area contributed by atoms with Crippen LogP contribution >= 0.6 is 0 Å². The van der Waals surface area contributed by atoms with Crippen molar-refractivity contribution in [2.45, 2.75) is 25.9 Å². The van der Waals surface area contributed by atoms with Gasteiger partial charge in [-0.05, 0) is 38.4 Å². The third-order valence-corrected chi connectivity index (χ3v) is 3.89. The molecule has 4 nitrogen and oxygen atoms in total. The second kappa shape index (κ2) is 7.65. The number of piperidine rings is 1. The van der Waals surface area contributed by atoms with Crippen LogP contribution in [0.3, 0.4) is 0 Å². The van der Waals surface area contributed by atoms with Gasteiger partial charge in [0.15, 0.2) is 0 Å². The number of benzene rings is 1. The van der Waals surface area contributed by atoms with Crippen molar-refractivity contribution in [3.05, 3.63) is 35.4 Å². The van der Waals surface area contributed by atoms with Gasteiger partial charge in [0, 0.05) is 13.1 Å². The van der Waals surface area contributed by atoms with Crippen LogP contribution < -0.4 is 0 Å². The van der Waals surface area contributed by atoms with Gasteiger partial charge in [-0.1, -0.05) is 6.07 Å². The molecule has 6 heteroatoms. The second-order valence-corrected chi connectivity index (χ2v) is 5.50. The maximum Gasteiger partial charge on any atom is 0.310 e. The van der Waals surface area contributed by atoms with E-state index in [9.17, 15) is 18.7 Å². The van der Waals surface area contributed by atoms with Crippen molar-refractivity contribution in [1.82, 2.24) is 4.90 Å². The van der Waals surface area contributed by atoms with E-state index >= 15 is 0 Å². The van der Waals surface area contributed by atoms with Crippen molar-refractivity contribution in [1.29, 1.82) is 0 Å². The zero-order chi connectivity index (χ0) is 16.1. The number of β-amino-alcohol motifs (C(OH)–C–C–N with tert-alkyl or cyclic N) is 1. The average molecular weight is 313 g/mol. The van der Waals surface area contributed by atoms with Crippen LogP contribution in [0.15, 0.2) is 18.2 Å². The summed E-state index contributed by atoms with van der Waals surface area (Å²) in [5.41, 5.74) is -0.319. The van der Waals surface area contributed by atoms with Crippen molar-refractivity contribution in [3.8, 4) is 0 Å². The fourth-order valence-corrected chi connectivity index (χ4v) is 2.84. The van der Waals surface area contributed by atoms with Gasteiger partial charge in [-0.3, -0.25) is 9.69 Å². The molecule has 1 heterocycles. The highest BCUT2D eigenvalue weighted by Crippen LogP contribution is 2.24. The van der Waals surface area contributed by atoms with E-state index in [1.807, 2.05) is 4.90 Å². The number of carbonyl (C=O) groups is 1. The smallest absolute Gasteiger partial charge is 0.310 e. The Morgan fingerprint density at radius 3 is 2.77 bits per heavy atom. The molecule has 1 aliphatic rings. The van der Waals surface area contributed by atoms with Crippen LogP contribution in [-0.4, -0.2) is 42.2 Å². The van der Waals surface area contributed by atoms with E-state index < -0.39 is 17.7 Å². The number of hydrogen-bond acceptors (Lipinski definition) is 4. The quantitative estimate of drug-likeness (QED) is 0.847. The Morgan fingerprint density at radius 1 is 1.45 bits per heavy atom. The van der Waals surface area contributed by atoms with Crippen molar-refractivity contribution >= 4 is 5.97 Å². The zero-order valence-corrected chi connectivity index (χ0v) is 12.6. The van der Waals surface area contributed by atoms with E-state index in [-0.39, 0.29) is 24.0 Å². The number of carbonyl (C=O) groups excluding carboxylic acids is 1. The molecular formula is C16H21F2NO3. The lowest BCUT2D eigenvalue weighted by Crippen LogP contribution is -2.41. The summed E-state index contributed by atoms with van der Waals surface area (Å²) >= 11 is 0. The molecule has 1 aromatic carbocycles. The van der Waals surface area contributed by atoms with Gasteiger partial charge >= 0.3 is 5.97 Å². The normalized spacial score (nSPS) is 20.6. The number of halogens is 2. The van der Waals surface area contributed by atoms with E-state index in [0.29, 0.717) is 19.7 Å². The number of aliphatic hydroxyl groups is 1. The van der Waals surface area contributed by atoms with E-state index in [1.54, 1.807) is 6.92 Å². The van der Waals surface area contributed by atoms with Gasteiger partial charge in [0.25, 0.3) is 0 Å². The average Bonchev–Trinajstić information content (AvgIpc) is 2.47. The highest BCUT2D eigenvalue weighted by atomic mass is 19.1. The lowest BCUT2D eigenvalue weighted by molar-refractivity contribution is -0.150. The van der Waals surface area contributed by atoms with Gasteiger partial charge in [0.05, 0.1) is 24.2 Å². The van der Waals surface area contributed by atoms with Crippen molar-refractivity contribution < 1.29 is 23.4 Å².